The summed E-state index contributed by atoms with van der Waals surface area (Å²) >= 11 is 3.55. The molecular formula is C95H123N23S2. The van der Waals surface area contributed by atoms with Gasteiger partial charge in [-0.25, -0.2) is 49.8 Å². The minimum Gasteiger partial charge on any atom is -0.382 e. The van der Waals surface area contributed by atoms with Gasteiger partial charge in [0.15, 0.2) is 39.4 Å². The Labute approximate surface area is 715 Å². The van der Waals surface area contributed by atoms with Crippen LogP contribution in [0.3, 0.4) is 0 Å². The van der Waals surface area contributed by atoms with Gasteiger partial charge >= 0.3 is 0 Å². The largest absolute Gasteiger partial charge is 0.382 e. The highest BCUT2D eigenvalue weighted by Crippen LogP contribution is 2.39. The van der Waals surface area contributed by atoms with E-state index in [0.29, 0.717) is 58.7 Å². The molecule has 0 amide bonds. The van der Waals surface area contributed by atoms with Crippen LogP contribution in [0.5, 0.6) is 0 Å². The van der Waals surface area contributed by atoms with Gasteiger partial charge in [-0.05, 0) is 84.7 Å². The zero-order valence-corrected chi connectivity index (χ0v) is 74.8. The number of thioether (sulfide) groups is 2. The topological polar surface area (TPSA) is 293 Å². The van der Waals surface area contributed by atoms with Crippen LogP contribution in [-0.2, 0) is 38.5 Å². The molecule has 120 heavy (non-hydrogen) atoms. The lowest BCUT2D eigenvalue weighted by atomic mass is 10.1. The number of hydrogen-bond acceptors (Lipinski definition) is 20. The lowest BCUT2D eigenvalue weighted by Gasteiger charge is -2.21. The van der Waals surface area contributed by atoms with Crippen LogP contribution in [0.1, 0.15) is 134 Å². The zero-order chi connectivity index (χ0) is 85.6. The second kappa shape index (κ2) is 40.1. The number of aromatic nitrogens is 15. The van der Waals surface area contributed by atoms with Gasteiger partial charge in [0.1, 0.15) is 27.6 Å². The number of unbranched alkanes of at least 4 members (excludes halogenated alkanes) is 3. The zero-order valence-electron chi connectivity index (χ0n) is 73.2. The third-order valence-corrected chi connectivity index (χ3v) is 22.9. The van der Waals surface area contributed by atoms with Gasteiger partial charge < -0.3 is 66.2 Å². The van der Waals surface area contributed by atoms with Crippen LogP contribution in [-0.4, -0.2) is 119 Å². The van der Waals surface area contributed by atoms with Crippen molar-refractivity contribution < 1.29 is 0 Å². The van der Waals surface area contributed by atoms with Crippen LogP contribution in [0.25, 0.3) is 110 Å². The monoisotopic (exact) mass is 1650 g/mol. The van der Waals surface area contributed by atoms with E-state index in [2.05, 4.69) is 234 Å². The van der Waals surface area contributed by atoms with E-state index in [0.717, 1.165) is 215 Å². The summed E-state index contributed by atoms with van der Waals surface area (Å²) in [6, 6.07) is 51.2. The first-order valence-electron chi connectivity index (χ1n) is 42.6. The summed E-state index contributed by atoms with van der Waals surface area (Å²) < 4.78 is 11.5. The Morgan fingerprint density at radius 2 is 0.617 bits per heavy atom. The summed E-state index contributed by atoms with van der Waals surface area (Å²) in [7, 11) is 6.25. The molecule has 6 aromatic carbocycles. The summed E-state index contributed by atoms with van der Waals surface area (Å²) in [6.07, 6.45) is 8.95. The summed E-state index contributed by atoms with van der Waals surface area (Å²) in [4.78, 5) is 53.5. The number of fused-ring (bicyclic) bond motifs is 15. The number of imidazole rings is 5. The number of anilines is 8. The van der Waals surface area contributed by atoms with Gasteiger partial charge in [0.25, 0.3) is 0 Å². The van der Waals surface area contributed by atoms with Gasteiger partial charge in [-0.3, -0.25) is 0 Å². The molecule has 0 unspecified atom stereocenters. The van der Waals surface area contributed by atoms with Crippen LogP contribution < -0.4 is 43.4 Å². The standard InChI is InChI=1S/C21H22N4S.C20H29N5.C19H27N5.C18H23N5.C17H22N4S/c1-14(2)12-25-19-16-10-6-7-11-17(16)23-20(22)18(19)24-21(25)26-13-15-8-4-3-5-9-15;1-5-6-9-12-24(4)20-23-17-18(25(20)13-14(2)3)15-10-7-8-11-16(15)22-19(17)21;1-5-6-11-23(4)19-22-16-17(24(19)12-13(2)3)14-9-7-8-10-15(14)21-18(16)20;1-5-10-22(4)18-21-15-16(23(18)11-12(2)3)13-8-6-7-9-14(13)20-17(15)19;1-4-9-22-17-20-14-15(21(17)10-11(2)3)12-7-5-6-8-13(12)19-16(14)18/h3-11,14H,12-13H2,1-2H3,(H2,22,23);7-8,10-11,14H,5-6,9,12-13H2,1-4H3,(H2,21,22);7-10,13H,5-6,11-12H2,1-4H3,(H2,20,21);5-9,12H,1,10-11H2,2-4H3,(H2,19,20);5-8,11H,4,9-10H2,1-3H3,(H2,18,19). The molecule has 16 rings (SSSR count). The van der Waals surface area contributed by atoms with Crippen molar-refractivity contribution in [2.45, 2.75) is 177 Å². The van der Waals surface area contributed by atoms with Gasteiger partial charge in [-0.15, -0.1) is 6.58 Å². The Morgan fingerprint density at radius 1 is 0.333 bits per heavy atom. The Hall–Kier alpha value is -11.4. The van der Waals surface area contributed by atoms with E-state index in [-0.39, 0.29) is 0 Å². The highest BCUT2D eigenvalue weighted by Gasteiger charge is 2.26. The van der Waals surface area contributed by atoms with E-state index in [9.17, 15) is 0 Å². The fourth-order valence-corrected chi connectivity index (χ4v) is 17.2. The maximum atomic E-state index is 6.25. The van der Waals surface area contributed by atoms with Crippen molar-refractivity contribution in [2.75, 3.05) is 89.9 Å². The molecule has 23 nitrogen and oxygen atoms in total. The third kappa shape index (κ3) is 19.9. The molecule has 0 bridgehead atoms. The first-order valence-corrected chi connectivity index (χ1v) is 44.6. The number of pyridine rings is 5. The van der Waals surface area contributed by atoms with Crippen molar-refractivity contribution in [2.24, 2.45) is 29.6 Å². The van der Waals surface area contributed by atoms with Crippen LogP contribution in [0, 0.1) is 29.6 Å². The van der Waals surface area contributed by atoms with E-state index >= 15 is 0 Å². The number of nitrogen functional groups attached to an aromatic ring is 5. The smallest absolute Gasteiger partial charge is 0.206 e. The van der Waals surface area contributed by atoms with Crippen molar-refractivity contribution in [1.82, 2.24) is 72.7 Å². The molecule has 0 atom stereocenters. The molecule has 10 aromatic heterocycles. The van der Waals surface area contributed by atoms with Crippen molar-refractivity contribution >= 4 is 180 Å². The molecule has 0 radical (unpaired) electrons. The van der Waals surface area contributed by atoms with Crippen LogP contribution in [0.4, 0.5) is 46.9 Å². The van der Waals surface area contributed by atoms with E-state index in [1.54, 1.807) is 23.5 Å². The molecule has 0 saturated heterocycles. The summed E-state index contributed by atoms with van der Waals surface area (Å²) in [5.41, 5.74) is 46.5. The maximum Gasteiger partial charge on any atom is 0.206 e. The SMILES string of the molecule is C=CCN(C)c1nc2c(N)nc3ccccc3c2n1CC(C)C.CC(C)Cn1c(SCc2ccccc2)nc2c(N)nc3ccccc3c21.CCCCCN(C)c1nc2c(N)nc3ccccc3c2n1CC(C)C.CCCCN(C)c1nc2c(N)nc3ccccc3c2n1CC(C)C.CCCSc1nc2c(N)nc3ccccc3c2n1CC(C)C. The number of para-hydroxylation sites is 5. The minimum atomic E-state index is 0.481. The number of rotatable bonds is 28. The second-order valence-electron chi connectivity index (χ2n) is 33.3. The minimum absolute atomic E-state index is 0.481. The van der Waals surface area contributed by atoms with Gasteiger partial charge in [-0.2, -0.15) is 0 Å². The molecule has 0 aliphatic heterocycles. The van der Waals surface area contributed by atoms with Crippen molar-refractivity contribution in [3.8, 4) is 0 Å². The molecular weight excluding hydrogens is 1530 g/mol. The molecule has 25 heteroatoms. The molecule has 10 N–H and O–H groups in total. The number of hydrogen-bond donors (Lipinski definition) is 5. The molecule has 16 aromatic rings. The third-order valence-electron chi connectivity index (χ3n) is 20.7. The average Bonchev–Trinajstić information content (AvgIpc) is 1.62. The fourth-order valence-electron chi connectivity index (χ4n) is 15.4. The van der Waals surface area contributed by atoms with Gasteiger partial charge in [0.2, 0.25) is 17.8 Å². The molecule has 0 spiro atoms. The summed E-state index contributed by atoms with van der Waals surface area (Å²) in [5.74, 6) is 9.95. The second-order valence-corrected chi connectivity index (χ2v) is 35.3. The Morgan fingerprint density at radius 3 is 0.933 bits per heavy atom. The van der Waals surface area contributed by atoms with Crippen molar-refractivity contribution in [3.05, 3.63) is 170 Å². The Balaban J connectivity index is 0.000000138. The molecule has 0 saturated carbocycles. The highest BCUT2D eigenvalue weighted by atomic mass is 32.2. The van der Waals surface area contributed by atoms with Gasteiger partial charge in [0, 0.05) is 112 Å². The fraction of sp³-hybridized carbons (Fsp3) is 0.389. The van der Waals surface area contributed by atoms with E-state index < -0.39 is 0 Å². The first kappa shape index (κ1) is 87.9. The van der Waals surface area contributed by atoms with E-state index in [1.807, 2.05) is 104 Å². The van der Waals surface area contributed by atoms with Crippen LogP contribution in [0.15, 0.2) is 175 Å². The van der Waals surface area contributed by atoms with Gasteiger partial charge in [0.05, 0.1) is 55.2 Å². The molecule has 0 aliphatic rings. The average molecular weight is 1650 g/mol. The van der Waals surface area contributed by atoms with Crippen molar-refractivity contribution in [1.29, 1.82) is 0 Å². The number of benzene rings is 6. The molecule has 0 aliphatic carbocycles. The van der Waals surface area contributed by atoms with Crippen LogP contribution in [0.2, 0.25) is 0 Å². The highest BCUT2D eigenvalue weighted by molar-refractivity contribution is 7.99. The summed E-state index contributed by atoms with van der Waals surface area (Å²) in [6.45, 7) is 40.0. The lowest BCUT2D eigenvalue weighted by molar-refractivity contribution is 0.505. The lowest BCUT2D eigenvalue weighted by Crippen LogP contribution is -2.23. The number of nitrogens with two attached hydrogens (primary N) is 5. The molecule has 10 heterocycles. The maximum absolute atomic E-state index is 6.25. The van der Waals surface area contributed by atoms with Gasteiger partial charge in [-0.1, -0.05) is 260 Å². The molecule has 0 fully saturated rings. The number of likely N-dealkylation sites (N-methyl/N-ethyl adjacent to an activating group) is 1. The predicted octanol–water partition coefficient (Wildman–Crippen LogP) is 21.4. The van der Waals surface area contributed by atoms with Crippen LogP contribution >= 0.6 is 23.5 Å². The quantitative estimate of drug-likeness (QED) is 0.0173. The van der Waals surface area contributed by atoms with E-state index in [4.69, 9.17) is 53.6 Å². The normalized spacial score (nSPS) is 11.7. The molecule has 630 valence electrons. The predicted molar refractivity (Wildman–Crippen MR) is 513 cm³/mol. The Kier molecular flexibility index (Phi) is 29.3. The van der Waals surface area contributed by atoms with E-state index in [1.165, 1.54) is 31.2 Å². The number of nitrogens with zero attached hydrogens (tertiary/aromatic N) is 18. The van der Waals surface area contributed by atoms with Crippen molar-refractivity contribution in [3.63, 3.8) is 0 Å². The summed E-state index contributed by atoms with van der Waals surface area (Å²) in [5, 5.41) is 7.61. The Bertz CT molecular complexity index is 6170. The first-order chi connectivity index (χ1) is 57.8.